The van der Waals surface area contributed by atoms with Crippen LogP contribution in [0.2, 0.25) is 0 Å². The van der Waals surface area contributed by atoms with Crippen LogP contribution in [0.3, 0.4) is 0 Å². The summed E-state index contributed by atoms with van der Waals surface area (Å²) in [6.07, 6.45) is -12.7. The van der Waals surface area contributed by atoms with Gasteiger partial charge in [0, 0.05) is 0 Å². The monoisotopic (exact) mass is 596 g/mol. The number of phosphoric acid groups is 2. The second-order valence-corrected chi connectivity index (χ2v) is 8.98. The molecule has 2 rings (SSSR count). The Morgan fingerprint density at radius 2 is 1.24 bits per heavy atom. The van der Waals surface area contributed by atoms with E-state index in [0.717, 1.165) is 0 Å². The molecule has 2 fully saturated rings. The minimum atomic E-state index is -5.68. The molecule has 0 amide bonds. The van der Waals surface area contributed by atoms with Gasteiger partial charge < -0.3 is 88.1 Å². The van der Waals surface area contributed by atoms with Gasteiger partial charge in [-0.3, -0.25) is 0 Å². The second-order valence-electron chi connectivity index (χ2n) is 6.54. The van der Waals surface area contributed by atoms with Gasteiger partial charge in [-0.05, 0) is 0 Å². The van der Waals surface area contributed by atoms with Gasteiger partial charge in [0.05, 0.1) is 28.9 Å². The smallest absolute Gasteiger partial charge is 0.790 e. The van der Waals surface area contributed by atoms with Gasteiger partial charge in [-0.1, -0.05) is 0 Å². The van der Waals surface area contributed by atoms with Gasteiger partial charge in [0.2, 0.25) is 5.79 Å². The molecule has 0 aromatic rings. The number of aliphatic hydroxyl groups is 8. The first-order valence-electron chi connectivity index (χ1n) is 8.51. The van der Waals surface area contributed by atoms with Crippen LogP contribution < -0.4 is 19.6 Å². The summed E-state index contributed by atoms with van der Waals surface area (Å²) < 4.78 is 36.6. The normalized spacial score (nSPS) is 38.2. The van der Waals surface area contributed by atoms with Crippen molar-refractivity contribution in [2.75, 3.05) is 19.8 Å². The molecule has 2 saturated heterocycles. The maximum absolute atomic E-state index is 10.00. The zero-order valence-electron chi connectivity index (χ0n) is 17.2. The molecular formula is C12H22Ca2O18P2. The Hall–Kier alpha value is 2.34. The first-order chi connectivity index (χ1) is 14.5. The molecule has 2 aliphatic heterocycles. The Morgan fingerprint density at radius 1 is 0.765 bits per heavy atom. The van der Waals surface area contributed by atoms with Crippen molar-refractivity contribution in [3.05, 3.63) is 0 Å². The van der Waals surface area contributed by atoms with Gasteiger partial charge in [0.15, 0.2) is 6.29 Å². The Labute approximate surface area is 251 Å². The van der Waals surface area contributed by atoms with Gasteiger partial charge >= 0.3 is 75.5 Å². The van der Waals surface area contributed by atoms with E-state index in [-0.39, 0.29) is 75.5 Å². The first-order valence-corrected chi connectivity index (χ1v) is 11.4. The molecule has 0 aromatic heterocycles. The Kier molecular flexibility index (Phi) is 17.9. The predicted molar refractivity (Wildman–Crippen MR) is 96.4 cm³/mol. The Bertz CT molecular complexity index is 670. The average molecular weight is 596 g/mol. The van der Waals surface area contributed by atoms with E-state index in [1.807, 2.05) is 0 Å². The number of hydrogen-bond donors (Lipinski definition) is 8. The topological polar surface area (TPSA) is 325 Å². The maximum Gasteiger partial charge on any atom is 2.00 e. The molecule has 192 valence electrons. The molecule has 0 unspecified atom stereocenters. The molecule has 0 saturated carbocycles. The van der Waals surface area contributed by atoms with Crippen LogP contribution in [-0.2, 0) is 27.7 Å². The van der Waals surface area contributed by atoms with Crippen LogP contribution in [0.25, 0.3) is 0 Å². The summed E-state index contributed by atoms with van der Waals surface area (Å²) in [7, 11) is -11.4. The van der Waals surface area contributed by atoms with Crippen molar-refractivity contribution in [1.82, 2.24) is 0 Å². The van der Waals surface area contributed by atoms with Crippen LogP contribution in [0.5, 0.6) is 0 Å². The van der Waals surface area contributed by atoms with Gasteiger partial charge in [0.25, 0.3) is 0 Å². The van der Waals surface area contributed by atoms with Crippen molar-refractivity contribution in [3.63, 3.8) is 0 Å². The fourth-order valence-electron chi connectivity index (χ4n) is 2.75. The summed E-state index contributed by atoms with van der Waals surface area (Å²) in [6.45, 7) is -2.32. The van der Waals surface area contributed by atoms with Crippen LogP contribution in [0.1, 0.15) is 0 Å². The maximum atomic E-state index is 10.00. The zero-order valence-corrected chi connectivity index (χ0v) is 23.4. The van der Waals surface area contributed by atoms with Crippen LogP contribution >= 0.6 is 15.6 Å². The summed E-state index contributed by atoms with van der Waals surface area (Å²) >= 11 is 0. The van der Waals surface area contributed by atoms with E-state index < -0.39 is 90.3 Å². The fourth-order valence-corrected chi connectivity index (χ4v) is 3.73. The van der Waals surface area contributed by atoms with E-state index in [1.54, 1.807) is 0 Å². The number of ether oxygens (including phenoxy) is 3. The second kappa shape index (κ2) is 15.8. The van der Waals surface area contributed by atoms with E-state index in [2.05, 4.69) is 4.31 Å². The summed E-state index contributed by atoms with van der Waals surface area (Å²) in [5, 5.41) is 76.7. The number of aliphatic hydroxyl groups excluding tert-OH is 8. The van der Waals surface area contributed by atoms with Crippen LogP contribution in [0.15, 0.2) is 0 Å². The van der Waals surface area contributed by atoms with Gasteiger partial charge in [-0.15, -0.1) is 0 Å². The van der Waals surface area contributed by atoms with E-state index in [0.29, 0.717) is 0 Å². The molecule has 0 bridgehead atoms. The van der Waals surface area contributed by atoms with Crippen molar-refractivity contribution in [3.8, 4) is 0 Å². The molecule has 2 heterocycles. The third-order valence-electron chi connectivity index (χ3n) is 4.27. The minimum Gasteiger partial charge on any atom is -0.790 e. The molecule has 18 nitrogen and oxygen atoms in total. The van der Waals surface area contributed by atoms with E-state index in [4.69, 9.17) is 24.4 Å². The summed E-state index contributed by atoms with van der Waals surface area (Å²) in [5.74, 6) is -2.22. The van der Waals surface area contributed by atoms with Crippen LogP contribution in [-0.4, -0.2) is 191 Å². The van der Waals surface area contributed by atoms with Crippen LogP contribution in [0.4, 0.5) is 0 Å². The Morgan fingerprint density at radius 3 is 1.56 bits per heavy atom. The van der Waals surface area contributed by atoms with Gasteiger partial charge in [-0.25, -0.2) is 0 Å². The number of rotatable bonds is 7. The van der Waals surface area contributed by atoms with Gasteiger partial charge in [0.1, 0.15) is 49.3 Å². The Balaban J connectivity index is 0. The van der Waals surface area contributed by atoms with E-state index >= 15 is 0 Å². The average Bonchev–Trinajstić information content (AvgIpc) is 2.91. The molecule has 9 atom stereocenters. The number of hydrogen-bond acceptors (Lipinski definition) is 18. The van der Waals surface area contributed by atoms with Crippen molar-refractivity contribution in [2.45, 2.75) is 54.8 Å². The minimum absolute atomic E-state index is 0. The van der Waals surface area contributed by atoms with Crippen molar-refractivity contribution in [1.29, 1.82) is 0 Å². The molecule has 0 spiro atoms. The quantitative estimate of drug-likeness (QED) is 0.0998. The first kappa shape index (κ1) is 38.5. The van der Waals surface area contributed by atoms with Crippen molar-refractivity contribution < 1.29 is 88.1 Å². The molecular weight excluding hydrogens is 574 g/mol. The SMILES string of the molecule is O=P([O-])([O-])OP(=O)([O-])[O-].OC[C@H]1O[C@@](CO)(O[C@H]2O[C@H](CO)[C@@H](O)[C@H](O)[C@H]2O)[C@@H](O)[C@@H]1O.[Ca+2].[Ca+2]. The molecule has 8 N–H and O–H groups in total. The third-order valence-corrected chi connectivity index (χ3v) is 5.87. The fraction of sp³-hybridized carbons (Fsp3) is 1.00. The van der Waals surface area contributed by atoms with Gasteiger partial charge in [-0.2, -0.15) is 0 Å². The molecule has 0 aliphatic carbocycles. The summed E-state index contributed by atoms with van der Waals surface area (Å²) in [6, 6.07) is 0. The largest absolute Gasteiger partial charge is 2.00 e. The van der Waals surface area contributed by atoms with Crippen molar-refractivity contribution in [2.24, 2.45) is 0 Å². The molecule has 22 heteroatoms. The predicted octanol–water partition coefficient (Wildman–Crippen LogP) is -9.50. The van der Waals surface area contributed by atoms with E-state index in [1.165, 1.54) is 0 Å². The molecule has 0 radical (unpaired) electrons. The van der Waals surface area contributed by atoms with E-state index in [9.17, 15) is 59.3 Å². The van der Waals surface area contributed by atoms with Crippen molar-refractivity contribution >= 4 is 91.1 Å². The zero-order chi connectivity index (χ0) is 25.1. The molecule has 34 heavy (non-hydrogen) atoms. The summed E-state index contributed by atoms with van der Waals surface area (Å²) in [4.78, 5) is 37.3. The standard InChI is InChI=1S/C12H22O11.2Ca.H4O7P2/c13-1-4-6(16)8(18)9(19)11(21-4)23-12(3-15)10(20)7(17)5(2-14)22-12;;;1-8(2,3)7-9(4,5)6/h4-11,13-20H,1-3H2;;;(H2,1,2,3)(H2,4,5,6)/q;2*+2;/p-4/t4-,5-,6-,7-,8+,9-,10+,11-,12+;;;/m1.../s1. The summed E-state index contributed by atoms with van der Waals surface area (Å²) in [5.41, 5.74) is 0. The van der Waals surface area contributed by atoms with Crippen LogP contribution in [0, 0.1) is 0 Å². The third kappa shape index (κ3) is 10.8. The molecule has 0 aromatic carbocycles. The molecule has 2 aliphatic rings.